The fourth-order valence-electron chi connectivity index (χ4n) is 2.56. The molecule has 0 aliphatic rings. The quantitative estimate of drug-likeness (QED) is 0.737. The number of rotatable bonds is 6. The standard InChI is InChI=1S/C17H23ClN2/c1-4-16-11-17(20(3)19-16)10-14(12-18)9-15-8-6-5-7-13(15)2/h5-8,11,14H,4,9-10,12H2,1-3H3. The minimum absolute atomic E-state index is 0.456. The molecule has 0 saturated carbocycles. The van der Waals surface area contributed by atoms with Gasteiger partial charge in [0.15, 0.2) is 0 Å². The molecule has 2 aromatic rings. The van der Waals surface area contributed by atoms with Crippen molar-refractivity contribution in [2.45, 2.75) is 33.1 Å². The lowest BCUT2D eigenvalue weighted by molar-refractivity contribution is 0.550. The monoisotopic (exact) mass is 290 g/mol. The molecule has 0 aliphatic heterocycles. The summed E-state index contributed by atoms with van der Waals surface area (Å²) in [5.74, 6) is 1.14. The third-order valence-electron chi connectivity index (χ3n) is 3.88. The predicted molar refractivity (Wildman–Crippen MR) is 85.4 cm³/mol. The van der Waals surface area contributed by atoms with Gasteiger partial charge in [0.25, 0.3) is 0 Å². The van der Waals surface area contributed by atoms with Crippen LogP contribution < -0.4 is 0 Å². The SMILES string of the molecule is CCc1cc(CC(CCl)Cc2ccccc2C)n(C)n1. The summed E-state index contributed by atoms with van der Waals surface area (Å²) in [5.41, 5.74) is 5.19. The van der Waals surface area contributed by atoms with E-state index in [0.717, 1.165) is 25.0 Å². The van der Waals surface area contributed by atoms with Gasteiger partial charge in [-0.25, -0.2) is 0 Å². The molecule has 0 bridgehead atoms. The average Bonchev–Trinajstić information content (AvgIpc) is 2.81. The number of alkyl halides is 1. The number of aryl methyl sites for hydroxylation is 3. The van der Waals surface area contributed by atoms with E-state index in [-0.39, 0.29) is 0 Å². The van der Waals surface area contributed by atoms with Crippen molar-refractivity contribution in [3.63, 3.8) is 0 Å². The van der Waals surface area contributed by atoms with Crippen molar-refractivity contribution in [1.82, 2.24) is 9.78 Å². The summed E-state index contributed by atoms with van der Waals surface area (Å²) in [5, 5.41) is 4.51. The molecule has 2 rings (SSSR count). The van der Waals surface area contributed by atoms with Gasteiger partial charge in [-0.05, 0) is 49.3 Å². The van der Waals surface area contributed by atoms with Gasteiger partial charge < -0.3 is 0 Å². The summed E-state index contributed by atoms with van der Waals surface area (Å²) in [6, 6.07) is 10.8. The van der Waals surface area contributed by atoms with Crippen molar-refractivity contribution in [3.8, 4) is 0 Å². The maximum Gasteiger partial charge on any atom is 0.0624 e. The Kier molecular flexibility index (Phi) is 5.24. The Morgan fingerprint density at radius 1 is 1.25 bits per heavy atom. The van der Waals surface area contributed by atoms with Crippen molar-refractivity contribution in [1.29, 1.82) is 0 Å². The largest absolute Gasteiger partial charge is 0.272 e. The predicted octanol–water partition coefficient (Wildman–Crippen LogP) is 3.93. The third kappa shape index (κ3) is 3.63. The van der Waals surface area contributed by atoms with Crippen molar-refractivity contribution in [2.24, 2.45) is 13.0 Å². The minimum Gasteiger partial charge on any atom is -0.272 e. The summed E-state index contributed by atoms with van der Waals surface area (Å²) in [6.45, 7) is 4.30. The number of benzene rings is 1. The zero-order chi connectivity index (χ0) is 14.5. The Bertz CT molecular complexity index is 560. The van der Waals surface area contributed by atoms with Gasteiger partial charge in [-0.2, -0.15) is 5.10 Å². The van der Waals surface area contributed by atoms with Crippen LogP contribution in [0.4, 0.5) is 0 Å². The molecular formula is C17H23ClN2. The van der Waals surface area contributed by atoms with Gasteiger partial charge in [0.1, 0.15) is 0 Å². The molecule has 0 N–H and O–H groups in total. The summed E-state index contributed by atoms with van der Waals surface area (Å²) >= 11 is 6.18. The highest BCUT2D eigenvalue weighted by Gasteiger charge is 2.14. The molecule has 0 radical (unpaired) electrons. The van der Waals surface area contributed by atoms with Crippen LogP contribution >= 0.6 is 11.6 Å². The topological polar surface area (TPSA) is 17.8 Å². The van der Waals surface area contributed by atoms with Crippen molar-refractivity contribution in [3.05, 3.63) is 52.8 Å². The lowest BCUT2D eigenvalue weighted by Crippen LogP contribution is -2.13. The average molecular weight is 291 g/mol. The normalized spacial score (nSPS) is 12.6. The number of hydrogen-bond donors (Lipinski definition) is 0. The van der Waals surface area contributed by atoms with E-state index in [1.165, 1.54) is 16.8 Å². The van der Waals surface area contributed by atoms with E-state index in [9.17, 15) is 0 Å². The molecule has 1 aromatic heterocycles. The molecule has 0 fully saturated rings. The highest BCUT2D eigenvalue weighted by molar-refractivity contribution is 6.18. The molecule has 0 amide bonds. The fraction of sp³-hybridized carbons (Fsp3) is 0.471. The molecule has 0 saturated heterocycles. The van der Waals surface area contributed by atoms with Gasteiger partial charge >= 0.3 is 0 Å². The van der Waals surface area contributed by atoms with Crippen molar-refractivity contribution < 1.29 is 0 Å². The molecule has 3 heteroatoms. The van der Waals surface area contributed by atoms with E-state index in [0.29, 0.717) is 11.8 Å². The van der Waals surface area contributed by atoms with Gasteiger partial charge in [0.2, 0.25) is 0 Å². The van der Waals surface area contributed by atoms with E-state index in [1.54, 1.807) is 0 Å². The number of nitrogens with zero attached hydrogens (tertiary/aromatic N) is 2. The second kappa shape index (κ2) is 6.94. The first kappa shape index (κ1) is 15.1. The van der Waals surface area contributed by atoms with Gasteiger partial charge in [-0.3, -0.25) is 4.68 Å². The van der Waals surface area contributed by atoms with Crippen LogP contribution in [0.25, 0.3) is 0 Å². The Balaban J connectivity index is 2.09. The molecule has 2 nitrogen and oxygen atoms in total. The number of hydrogen-bond acceptors (Lipinski definition) is 1. The van der Waals surface area contributed by atoms with Crippen LogP contribution in [0.3, 0.4) is 0 Å². The van der Waals surface area contributed by atoms with Gasteiger partial charge in [-0.1, -0.05) is 31.2 Å². The molecule has 108 valence electrons. The van der Waals surface area contributed by atoms with Crippen LogP contribution in [0.1, 0.15) is 29.4 Å². The molecule has 1 unspecified atom stereocenters. The molecule has 0 spiro atoms. The summed E-state index contributed by atoms with van der Waals surface area (Å²) in [7, 11) is 2.02. The lowest BCUT2D eigenvalue weighted by Gasteiger charge is -2.15. The van der Waals surface area contributed by atoms with E-state index in [4.69, 9.17) is 11.6 Å². The van der Waals surface area contributed by atoms with E-state index in [2.05, 4.69) is 49.3 Å². The van der Waals surface area contributed by atoms with E-state index >= 15 is 0 Å². The van der Waals surface area contributed by atoms with E-state index < -0.39 is 0 Å². The molecule has 1 aromatic carbocycles. The van der Waals surface area contributed by atoms with Crippen LogP contribution in [0.5, 0.6) is 0 Å². The maximum absolute atomic E-state index is 6.18. The summed E-state index contributed by atoms with van der Waals surface area (Å²) in [4.78, 5) is 0. The lowest BCUT2D eigenvalue weighted by atomic mass is 9.94. The Morgan fingerprint density at radius 3 is 2.60 bits per heavy atom. The second-order valence-electron chi connectivity index (χ2n) is 5.46. The maximum atomic E-state index is 6.18. The van der Waals surface area contributed by atoms with Crippen LogP contribution in [-0.4, -0.2) is 15.7 Å². The van der Waals surface area contributed by atoms with Gasteiger partial charge in [0, 0.05) is 18.6 Å². The number of aromatic nitrogens is 2. The first-order chi connectivity index (χ1) is 9.63. The first-order valence-corrected chi connectivity index (χ1v) is 7.79. The fourth-order valence-corrected chi connectivity index (χ4v) is 2.78. The van der Waals surface area contributed by atoms with Crippen molar-refractivity contribution in [2.75, 3.05) is 5.88 Å². The zero-order valence-electron chi connectivity index (χ0n) is 12.6. The van der Waals surface area contributed by atoms with E-state index in [1.807, 2.05) is 11.7 Å². The molecule has 0 aliphatic carbocycles. The van der Waals surface area contributed by atoms with Crippen LogP contribution in [-0.2, 0) is 26.3 Å². The zero-order valence-corrected chi connectivity index (χ0v) is 13.3. The van der Waals surface area contributed by atoms with Crippen LogP contribution in [0.15, 0.2) is 30.3 Å². The van der Waals surface area contributed by atoms with Crippen molar-refractivity contribution >= 4 is 11.6 Å². The molecule has 1 atom stereocenters. The van der Waals surface area contributed by atoms with Crippen LogP contribution in [0.2, 0.25) is 0 Å². The third-order valence-corrected chi connectivity index (χ3v) is 4.31. The minimum atomic E-state index is 0.456. The highest BCUT2D eigenvalue weighted by atomic mass is 35.5. The molecule has 1 heterocycles. The number of halogens is 1. The molecule has 20 heavy (non-hydrogen) atoms. The summed E-state index contributed by atoms with van der Waals surface area (Å²) in [6.07, 6.45) is 3.00. The Morgan fingerprint density at radius 2 is 2.00 bits per heavy atom. The Hall–Kier alpha value is -1.28. The Labute approximate surface area is 126 Å². The highest BCUT2D eigenvalue weighted by Crippen LogP contribution is 2.19. The van der Waals surface area contributed by atoms with Crippen LogP contribution in [0, 0.1) is 12.8 Å². The first-order valence-electron chi connectivity index (χ1n) is 7.26. The van der Waals surface area contributed by atoms with Gasteiger partial charge in [-0.15, -0.1) is 11.6 Å². The summed E-state index contributed by atoms with van der Waals surface area (Å²) < 4.78 is 2.00. The molecular weight excluding hydrogens is 268 g/mol. The van der Waals surface area contributed by atoms with Gasteiger partial charge in [0.05, 0.1) is 5.69 Å². The second-order valence-corrected chi connectivity index (χ2v) is 5.77. The smallest absolute Gasteiger partial charge is 0.0624 e.